The lowest BCUT2D eigenvalue weighted by molar-refractivity contribution is 0.338. The highest BCUT2D eigenvalue weighted by Gasteiger charge is 1.98. The quantitative estimate of drug-likeness (QED) is 0.621. The van der Waals surface area contributed by atoms with E-state index in [9.17, 15) is 4.55 Å². The van der Waals surface area contributed by atoms with E-state index < -0.39 is 11.2 Å². The van der Waals surface area contributed by atoms with Crippen molar-refractivity contribution >= 4 is 11.2 Å². The molecule has 0 spiro atoms. The van der Waals surface area contributed by atoms with Gasteiger partial charge in [0.25, 0.3) is 0 Å². The molecule has 0 saturated heterocycles. The molecule has 0 aliphatic rings. The van der Waals surface area contributed by atoms with Gasteiger partial charge in [-0.25, -0.2) is 9.97 Å². The predicted molar refractivity (Wildman–Crippen MR) is 45.3 cm³/mol. The minimum Gasteiger partial charge on any atom is -0.616 e. The molecule has 0 aliphatic heterocycles. The van der Waals surface area contributed by atoms with E-state index in [0.29, 0.717) is 18.1 Å². The Bertz CT molecular complexity index is 218. The van der Waals surface area contributed by atoms with Crippen molar-refractivity contribution in [1.29, 1.82) is 0 Å². The minimum atomic E-state index is -0.813. The Hall–Kier alpha value is -0.810. The van der Waals surface area contributed by atoms with Crippen molar-refractivity contribution in [2.75, 3.05) is 18.6 Å². The molecule has 1 aromatic heterocycles. The number of hydrogen-bond acceptors (Lipinski definition) is 4. The normalized spacial score (nSPS) is 12.5. The van der Waals surface area contributed by atoms with Crippen LogP contribution in [0.4, 0.5) is 0 Å². The lowest BCUT2D eigenvalue weighted by Crippen LogP contribution is -2.12. The van der Waals surface area contributed by atoms with Crippen LogP contribution in [0, 0.1) is 6.33 Å². The van der Waals surface area contributed by atoms with Crippen LogP contribution in [0.5, 0.6) is 5.75 Å². The fourth-order valence-corrected chi connectivity index (χ4v) is 0.921. The van der Waals surface area contributed by atoms with E-state index in [1.807, 2.05) is 0 Å². The molecule has 1 unspecified atom stereocenters. The van der Waals surface area contributed by atoms with Crippen LogP contribution < -0.4 is 4.74 Å². The Labute approximate surface area is 74.2 Å². The number of ether oxygens (including phenoxy) is 1. The second-order valence-corrected chi connectivity index (χ2v) is 3.70. The highest BCUT2D eigenvalue weighted by molar-refractivity contribution is 7.90. The lowest BCUT2D eigenvalue weighted by Gasteiger charge is -2.05. The molecule has 0 aliphatic carbocycles. The monoisotopic (exact) mass is 185 g/mol. The molecule has 1 aromatic rings. The number of nitrogens with zero attached hydrogens (tertiary/aromatic N) is 2. The molecule has 0 saturated carbocycles. The number of hydrogen-bond donors (Lipinski definition) is 0. The summed E-state index contributed by atoms with van der Waals surface area (Å²) in [5, 5.41) is 0. The average Bonchev–Trinajstić information content (AvgIpc) is 2.05. The van der Waals surface area contributed by atoms with Crippen LogP contribution in [0.2, 0.25) is 0 Å². The molecule has 5 heteroatoms. The van der Waals surface area contributed by atoms with Crippen LogP contribution in [-0.2, 0) is 11.2 Å². The lowest BCUT2D eigenvalue weighted by atomic mass is 10.6. The Morgan fingerprint density at radius 2 is 2.25 bits per heavy atom. The third-order valence-electron chi connectivity index (χ3n) is 1.14. The molecule has 0 bridgehead atoms. The van der Waals surface area contributed by atoms with Gasteiger partial charge in [-0.15, -0.1) is 0 Å². The molecule has 1 radical (unpaired) electrons. The standard InChI is InChI=1S/C7H9N2O2S/c1-12(10)3-2-11-7-4-8-6-9-5-7/h4-5H,2-3H2,1H3. The SMILES string of the molecule is C[S+]([O-])CCOc1cn[c]nc1. The minimum absolute atomic E-state index is 0.427. The maximum atomic E-state index is 10.6. The van der Waals surface area contributed by atoms with Crippen molar-refractivity contribution in [2.24, 2.45) is 0 Å². The van der Waals surface area contributed by atoms with E-state index in [1.165, 1.54) is 12.4 Å². The van der Waals surface area contributed by atoms with Gasteiger partial charge in [-0.3, -0.25) is 0 Å². The van der Waals surface area contributed by atoms with Gasteiger partial charge in [0.2, 0.25) is 0 Å². The zero-order chi connectivity index (χ0) is 8.81. The average molecular weight is 185 g/mol. The van der Waals surface area contributed by atoms with Crippen molar-refractivity contribution in [2.45, 2.75) is 0 Å². The van der Waals surface area contributed by atoms with E-state index in [-0.39, 0.29) is 0 Å². The van der Waals surface area contributed by atoms with Crippen LogP contribution in [0.1, 0.15) is 0 Å². The highest BCUT2D eigenvalue weighted by atomic mass is 32.2. The largest absolute Gasteiger partial charge is 0.616 e. The van der Waals surface area contributed by atoms with Crippen LogP contribution in [0.3, 0.4) is 0 Å². The summed E-state index contributed by atoms with van der Waals surface area (Å²) in [7, 11) is 0. The molecule has 0 fully saturated rings. The molecule has 4 nitrogen and oxygen atoms in total. The number of rotatable bonds is 4. The molecule has 0 aromatic carbocycles. The second-order valence-electron chi connectivity index (χ2n) is 2.14. The van der Waals surface area contributed by atoms with E-state index in [4.69, 9.17) is 4.74 Å². The first-order valence-electron chi connectivity index (χ1n) is 3.40. The summed E-state index contributed by atoms with van der Waals surface area (Å²) in [6.45, 7) is 0.427. The maximum absolute atomic E-state index is 10.6. The fourth-order valence-electron chi connectivity index (χ4n) is 0.603. The molecule has 1 heterocycles. The summed E-state index contributed by atoms with van der Waals surface area (Å²) >= 11 is -0.813. The van der Waals surface area contributed by atoms with Gasteiger partial charge in [0, 0.05) is 0 Å². The van der Waals surface area contributed by atoms with Gasteiger partial charge in [0.15, 0.2) is 12.1 Å². The molecule has 0 amide bonds. The molecule has 12 heavy (non-hydrogen) atoms. The predicted octanol–water partition coefficient (Wildman–Crippen LogP) is 0.0341. The smallest absolute Gasteiger partial charge is 0.197 e. The van der Waals surface area contributed by atoms with Gasteiger partial charge in [-0.05, 0) is 0 Å². The van der Waals surface area contributed by atoms with Crippen molar-refractivity contribution < 1.29 is 9.29 Å². The van der Waals surface area contributed by atoms with Gasteiger partial charge in [0.05, 0.1) is 18.6 Å². The van der Waals surface area contributed by atoms with Gasteiger partial charge in [-0.1, -0.05) is 11.2 Å². The molecule has 1 atom stereocenters. The summed E-state index contributed by atoms with van der Waals surface area (Å²) in [6, 6.07) is 0. The molecule has 65 valence electrons. The Balaban J connectivity index is 2.25. The summed E-state index contributed by atoms with van der Waals surface area (Å²) < 4.78 is 15.8. The van der Waals surface area contributed by atoms with Gasteiger partial charge >= 0.3 is 0 Å². The molecular weight excluding hydrogens is 176 g/mol. The van der Waals surface area contributed by atoms with Crippen LogP contribution in [0.25, 0.3) is 0 Å². The van der Waals surface area contributed by atoms with Crippen molar-refractivity contribution in [1.82, 2.24) is 9.97 Å². The third-order valence-corrected chi connectivity index (χ3v) is 1.88. The first-order valence-corrected chi connectivity index (χ1v) is 5.12. The van der Waals surface area contributed by atoms with Gasteiger partial charge in [-0.2, -0.15) is 0 Å². The van der Waals surface area contributed by atoms with E-state index in [1.54, 1.807) is 6.26 Å². The van der Waals surface area contributed by atoms with Crippen molar-refractivity contribution in [3.05, 3.63) is 18.7 Å². The van der Waals surface area contributed by atoms with Gasteiger partial charge in [0.1, 0.15) is 12.4 Å². The van der Waals surface area contributed by atoms with Crippen LogP contribution >= 0.6 is 0 Å². The van der Waals surface area contributed by atoms with Crippen molar-refractivity contribution in [3.8, 4) is 5.75 Å². The van der Waals surface area contributed by atoms with Crippen LogP contribution in [0.15, 0.2) is 12.4 Å². The fraction of sp³-hybridized carbons (Fsp3) is 0.429. The van der Waals surface area contributed by atoms with Gasteiger partial charge < -0.3 is 9.29 Å². The van der Waals surface area contributed by atoms with E-state index >= 15 is 0 Å². The Morgan fingerprint density at radius 3 is 2.83 bits per heavy atom. The molecule has 0 N–H and O–H groups in total. The maximum Gasteiger partial charge on any atom is 0.197 e. The zero-order valence-electron chi connectivity index (χ0n) is 6.69. The van der Waals surface area contributed by atoms with Crippen molar-refractivity contribution in [3.63, 3.8) is 0 Å². The summed E-state index contributed by atoms with van der Waals surface area (Å²) in [4.78, 5) is 7.29. The zero-order valence-corrected chi connectivity index (χ0v) is 7.50. The molecule has 1 rings (SSSR count). The number of aromatic nitrogens is 2. The van der Waals surface area contributed by atoms with E-state index in [0.717, 1.165) is 0 Å². The summed E-state index contributed by atoms with van der Waals surface area (Å²) in [5.74, 6) is 1.11. The summed E-state index contributed by atoms with van der Waals surface area (Å²) in [5.41, 5.74) is 0. The summed E-state index contributed by atoms with van der Waals surface area (Å²) in [6.07, 6.45) is 7.07. The first-order chi connectivity index (χ1) is 5.79. The Kier molecular flexibility index (Phi) is 3.83. The van der Waals surface area contributed by atoms with Crippen LogP contribution in [-0.4, -0.2) is 33.1 Å². The topological polar surface area (TPSA) is 58.1 Å². The van der Waals surface area contributed by atoms with E-state index in [2.05, 4.69) is 16.3 Å². The second kappa shape index (κ2) is 4.95. The molecular formula is C7H9N2O2S. The Morgan fingerprint density at radius 1 is 1.58 bits per heavy atom. The highest BCUT2D eigenvalue weighted by Crippen LogP contribution is 2.03. The first kappa shape index (κ1) is 9.28. The third kappa shape index (κ3) is 3.54.